The third kappa shape index (κ3) is 2.56. The number of rotatable bonds is 4. The van der Waals surface area contributed by atoms with E-state index in [9.17, 15) is 0 Å². The third-order valence-electron chi connectivity index (χ3n) is 2.89. The van der Waals surface area contributed by atoms with Crippen LogP contribution in [0, 0.1) is 11.3 Å². The summed E-state index contributed by atoms with van der Waals surface area (Å²) in [4.78, 5) is 1.14. The van der Waals surface area contributed by atoms with E-state index in [1.807, 2.05) is 52.7 Å². The number of thiophene rings is 1. The van der Waals surface area contributed by atoms with Crippen molar-refractivity contribution in [1.29, 1.82) is 5.26 Å². The Balaban J connectivity index is 1.80. The number of para-hydroxylation sites is 2. The second kappa shape index (κ2) is 5.59. The van der Waals surface area contributed by atoms with Crippen LogP contribution in [0.15, 0.2) is 54.2 Å². The summed E-state index contributed by atoms with van der Waals surface area (Å²) in [5.41, 5.74) is 2.74. The van der Waals surface area contributed by atoms with E-state index >= 15 is 0 Å². The van der Waals surface area contributed by atoms with Gasteiger partial charge in [-0.2, -0.15) is 10.4 Å². The summed E-state index contributed by atoms with van der Waals surface area (Å²) in [6.45, 7) is 0.699. The number of benzene rings is 1. The molecule has 1 N–H and O–H groups in total. The number of nitrogens with zero attached hydrogens (tertiary/aromatic N) is 3. The van der Waals surface area contributed by atoms with Gasteiger partial charge in [0.05, 0.1) is 16.9 Å². The molecule has 0 aliphatic heterocycles. The SMILES string of the molecule is N#Cc1csc(CNc2ccccc2-n2cccn2)c1. The predicted octanol–water partition coefficient (Wildman–Crippen LogP) is 3.42. The lowest BCUT2D eigenvalue weighted by Gasteiger charge is -2.11. The number of aromatic nitrogens is 2. The number of nitrogens with one attached hydrogen (secondary N) is 1. The van der Waals surface area contributed by atoms with E-state index in [0.717, 1.165) is 16.3 Å². The molecule has 0 unspecified atom stereocenters. The summed E-state index contributed by atoms with van der Waals surface area (Å²) < 4.78 is 1.83. The fourth-order valence-electron chi connectivity index (χ4n) is 1.95. The fraction of sp³-hybridized carbons (Fsp3) is 0.0667. The highest BCUT2D eigenvalue weighted by atomic mass is 32.1. The van der Waals surface area contributed by atoms with Gasteiger partial charge in [0.25, 0.3) is 0 Å². The zero-order valence-electron chi connectivity index (χ0n) is 10.7. The average molecular weight is 280 g/mol. The minimum atomic E-state index is 0.699. The molecule has 4 nitrogen and oxygen atoms in total. The van der Waals surface area contributed by atoms with Crippen molar-refractivity contribution in [3.8, 4) is 11.8 Å². The molecule has 0 bridgehead atoms. The first-order valence-electron chi connectivity index (χ1n) is 6.17. The molecule has 0 radical (unpaired) electrons. The van der Waals surface area contributed by atoms with Crippen LogP contribution >= 0.6 is 11.3 Å². The maximum atomic E-state index is 8.83. The summed E-state index contributed by atoms with van der Waals surface area (Å²) in [6, 6.07) is 14.0. The summed E-state index contributed by atoms with van der Waals surface area (Å²) in [5.74, 6) is 0. The van der Waals surface area contributed by atoms with Crippen molar-refractivity contribution >= 4 is 17.0 Å². The molecule has 5 heteroatoms. The van der Waals surface area contributed by atoms with Gasteiger partial charge in [-0.25, -0.2) is 4.68 Å². The summed E-state index contributed by atoms with van der Waals surface area (Å²) in [7, 11) is 0. The summed E-state index contributed by atoms with van der Waals surface area (Å²) >= 11 is 1.59. The molecule has 20 heavy (non-hydrogen) atoms. The fourth-order valence-corrected chi connectivity index (χ4v) is 2.70. The Bertz CT molecular complexity index is 737. The summed E-state index contributed by atoms with van der Waals surface area (Å²) in [6.07, 6.45) is 3.68. The topological polar surface area (TPSA) is 53.6 Å². The van der Waals surface area contributed by atoms with Gasteiger partial charge in [-0.1, -0.05) is 12.1 Å². The van der Waals surface area contributed by atoms with Crippen LogP contribution in [0.1, 0.15) is 10.4 Å². The van der Waals surface area contributed by atoms with Gasteiger partial charge < -0.3 is 5.32 Å². The van der Waals surface area contributed by atoms with Crippen LogP contribution in [0.4, 0.5) is 5.69 Å². The Hall–Kier alpha value is -2.58. The molecule has 0 atom stereocenters. The van der Waals surface area contributed by atoms with Crippen molar-refractivity contribution in [2.24, 2.45) is 0 Å². The molecule has 0 amide bonds. The smallest absolute Gasteiger partial charge is 0.100 e. The predicted molar refractivity (Wildman–Crippen MR) is 79.9 cm³/mol. The lowest BCUT2D eigenvalue weighted by Crippen LogP contribution is -2.03. The minimum Gasteiger partial charge on any atom is -0.378 e. The summed E-state index contributed by atoms with van der Waals surface area (Å²) in [5, 5.41) is 18.4. The van der Waals surface area contributed by atoms with Gasteiger partial charge in [0.2, 0.25) is 0 Å². The Morgan fingerprint density at radius 1 is 1.30 bits per heavy atom. The highest BCUT2D eigenvalue weighted by Crippen LogP contribution is 2.21. The van der Waals surface area contributed by atoms with Crippen molar-refractivity contribution in [3.63, 3.8) is 0 Å². The lowest BCUT2D eigenvalue weighted by molar-refractivity contribution is 0.879. The molecule has 0 aliphatic rings. The quantitative estimate of drug-likeness (QED) is 0.796. The molecule has 3 aromatic rings. The van der Waals surface area contributed by atoms with E-state index in [-0.39, 0.29) is 0 Å². The van der Waals surface area contributed by atoms with E-state index in [4.69, 9.17) is 5.26 Å². The molecule has 0 spiro atoms. The first kappa shape index (κ1) is 12.5. The first-order valence-corrected chi connectivity index (χ1v) is 7.05. The normalized spacial score (nSPS) is 10.2. The highest BCUT2D eigenvalue weighted by molar-refractivity contribution is 7.10. The molecule has 0 saturated carbocycles. The lowest BCUT2D eigenvalue weighted by atomic mass is 10.2. The Kier molecular flexibility index (Phi) is 3.48. The third-order valence-corrected chi connectivity index (χ3v) is 3.83. The molecule has 2 aromatic heterocycles. The molecule has 1 aromatic carbocycles. The standard InChI is InChI=1S/C15H12N4S/c16-9-12-8-13(20-11-12)10-17-14-4-1-2-5-15(14)19-7-3-6-18-19/h1-8,11,17H,10H2. The van der Waals surface area contributed by atoms with Crippen molar-refractivity contribution in [2.45, 2.75) is 6.54 Å². The Morgan fingerprint density at radius 2 is 2.20 bits per heavy atom. The molecular weight excluding hydrogens is 268 g/mol. The average Bonchev–Trinajstić information content (AvgIpc) is 3.17. The van der Waals surface area contributed by atoms with E-state index in [1.54, 1.807) is 17.5 Å². The minimum absolute atomic E-state index is 0.699. The van der Waals surface area contributed by atoms with Crippen molar-refractivity contribution in [3.05, 3.63) is 64.6 Å². The molecular formula is C15H12N4S. The van der Waals surface area contributed by atoms with Crippen LogP contribution in [-0.2, 0) is 6.54 Å². The van der Waals surface area contributed by atoms with Crippen LogP contribution in [0.2, 0.25) is 0 Å². The number of hydrogen-bond acceptors (Lipinski definition) is 4. The second-order valence-corrected chi connectivity index (χ2v) is 5.23. The van der Waals surface area contributed by atoms with Gasteiger partial charge in [-0.15, -0.1) is 11.3 Å². The Morgan fingerprint density at radius 3 is 2.95 bits per heavy atom. The van der Waals surface area contributed by atoms with E-state index in [0.29, 0.717) is 12.1 Å². The highest BCUT2D eigenvalue weighted by Gasteiger charge is 2.05. The van der Waals surface area contributed by atoms with E-state index < -0.39 is 0 Å². The molecule has 98 valence electrons. The van der Waals surface area contributed by atoms with Crippen molar-refractivity contribution in [2.75, 3.05) is 5.32 Å². The van der Waals surface area contributed by atoms with Crippen LogP contribution in [-0.4, -0.2) is 9.78 Å². The Labute approximate surface area is 120 Å². The van der Waals surface area contributed by atoms with E-state index in [1.165, 1.54) is 0 Å². The van der Waals surface area contributed by atoms with Gasteiger partial charge in [-0.05, 0) is 24.3 Å². The number of nitriles is 1. The van der Waals surface area contributed by atoms with Gasteiger partial charge in [0.1, 0.15) is 6.07 Å². The maximum Gasteiger partial charge on any atom is 0.100 e. The number of hydrogen-bond donors (Lipinski definition) is 1. The van der Waals surface area contributed by atoms with Gasteiger partial charge in [-0.3, -0.25) is 0 Å². The van der Waals surface area contributed by atoms with Crippen molar-refractivity contribution in [1.82, 2.24) is 9.78 Å². The zero-order valence-corrected chi connectivity index (χ0v) is 11.5. The molecule has 3 rings (SSSR count). The van der Waals surface area contributed by atoms with Crippen LogP contribution in [0.5, 0.6) is 0 Å². The molecule has 0 saturated heterocycles. The zero-order chi connectivity index (χ0) is 13.8. The largest absolute Gasteiger partial charge is 0.378 e. The van der Waals surface area contributed by atoms with Crippen LogP contribution in [0.3, 0.4) is 0 Å². The van der Waals surface area contributed by atoms with Gasteiger partial charge in [0.15, 0.2) is 0 Å². The second-order valence-electron chi connectivity index (χ2n) is 4.23. The van der Waals surface area contributed by atoms with E-state index in [2.05, 4.69) is 16.5 Å². The first-order chi connectivity index (χ1) is 9.86. The van der Waals surface area contributed by atoms with Crippen molar-refractivity contribution < 1.29 is 0 Å². The monoisotopic (exact) mass is 280 g/mol. The number of anilines is 1. The molecule has 0 aliphatic carbocycles. The molecule has 0 fully saturated rings. The maximum absolute atomic E-state index is 8.83. The molecule has 2 heterocycles. The van der Waals surface area contributed by atoms with Crippen LogP contribution < -0.4 is 5.32 Å². The van der Waals surface area contributed by atoms with Gasteiger partial charge in [0, 0.05) is 29.2 Å². The van der Waals surface area contributed by atoms with Crippen LogP contribution in [0.25, 0.3) is 5.69 Å². The van der Waals surface area contributed by atoms with Gasteiger partial charge >= 0.3 is 0 Å².